The van der Waals surface area contributed by atoms with Crippen LogP contribution in [0.4, 0.5) is 8.78 Å². The van der Waals surface area contributed by atoms with Gasteiger partial charge in [0.2, 0.25) is 0 Å². The number of alkyl halides is 2. The number of nitrogens with one attached hydrogen (secondary N) is 1. The zero-order valence-corrected chi connectivity index (χ0v) is 21.9. The highest BCUT2D eigenvalue weighted by atomic mass is 19.3. The molecule has 0 amide bonds. The lowest BCUT2D eigenvalue weighted by atomic mass is 9.96. The molecule has 2 aliphatic rings. The van der Waals surface area contributed by atoms with Crippen LogP contribution in [0.1, 0.15) is 39.4 Å². The van der Waals surface area contributed by atoms with E-state index in [1.165, 1.54) is 11.6 Å². The Balaban J connectivity index is 1.35. The minimum atomic E-state index is -3.05. The molecule has 40 heavy (non-hydrogen) atoms. The van der Waals surface area contributed by atoms with Crippen molar-refractivity contribution in [3.8, 4) is 11.1 Å². The second kappa shape index (κ2) is 10.7. The molecule has 1 aliphatic heterocycles. The Bertz CT molecular complexity index is 1680. The molecule has 1 aliphatic carbocycles. The van der Waals surface area contributed by atoms with Gasteiger partial charge in [-0.3, -0.25) is 0 Å². The van der Waals surface area contributed by atoms with E-state index < -0.39 is 5.92 Å². The highest BCUT2D eigenvalue weighted by Crippen LogP contribution is 2.51. The van der Waals surface area contributed by atoms with Gasteiger partial charge >= 0.3 is 0 Å². The molecule has 4 heteroatoms. The standard InChI is InChI=1S/C36H28F2N2/c1-2-3-4-5-7-12-25-17-19-26(20-18-25)33-24-34(40-35(39-33)27-13-8-6-9-14-27)28-21-22-30-29-15-10-11-16-31(29)36(37,38)32(30)23-28/h2-11,13-24,33H,1,12H2,(H,39,40)/b4-3-,7-5-. The maximum absolute atomic E-state index is 15.5. The van der Waals surface area contributed by atoms with Crippen LogP contribution >= 0.6 is 0 Å². The summed E-state index contributed by atoms with van der Waals surface area (Å²) in [6.07, 6.45) is 12.6. The zero-order valence-electron chi connectivity index (χ0n) is 21.9. The maximum Gasteiger partial charge on any atom is 0.299 e. The quantitative estimate of drug-likeness (QED) is 0.239. The van der Waals surface area contributed by atoms with Gasteiger partial charge in [0.05, 0.1) is 11.7 Å². The van der Waals surface area contributed by atoms with Gasteiger partial charge in [-0.1, -0.05) is 128 Å². The zero-order chi connectivity index (χ0) is 27.5. The first kappa shape index (κ1) is 25.4. The SMILES string of the molecule is C=C/C=C\C=C/Cc1ccc(C2C=C(c3ccc4c(c3)C(F)(F)c3ccccc3-4)N=C(c3ccccc3)N2)cc1. The van der Waals surface area contributed by atoms with Crippen LogP contribution in [0.3, 0.4) is 0 Å². The number of aliphatic imine (C=N–C) groups is 1. The summed E-state index contributed by atoms with van der Waals surface area (Å²) in [6, 6.07) is 30.2. The molecule has 6 rings (SSSR count). The van der Waals surface area contributed by atoms with Crippen molar-refractivity contribution in [1.82, 2.24) is 5.32 Å². The van der Waals surface area contributed by atoms with Gasteiger partial charge in [0.25, 0.3) is 5.92 Å². The number of nitrogens with zero attached hydrogens (tertiary/aromatic N) is 1. The molecule has 0 saturated carbocycles. The fourth-order valence-electron chi connectivity index (χ4n) is 5.24. The van der Waals surface area contributed by atoms with E-state index in [2.05, 4.69) is 42.2 Å². The lowest BCUT2D eigenvalue weighted by Gasteiger charge is -2.25. The van der Waals surface area contributed by atoms with Crippen molar-refractivity contribution in [3.05, 3.63) is 173 Å². The molecule has 0 aromatic heterocycles. The maximum atomic E-state index is 15.5. The largest absolute Gasteiger partial charge is 0.359 e. The normalized spacial score (nSPS) is 17.2. The highest BCUT2D eigenvalue weighted by Gasteiger charge is 2.44. The average molecular weight is 527 g/mol. The molecule has 1 heterocycles. The van der Waals surface area contributed by atoms with Crippen molar-refractivity contribution in [2.45, 2.75) is 18.4 Å². The third-order valence-electron chi connectivity index (χ3n) is 7.29. The van der Waals surface area contributed by atoms with Crippen LogP contribution in [0, 0.1) is 0 Å². The van der Waals surface area contributed by atoms with Gasteiger partial charge in [-0.25, -0.2) is 4.99 Å². The lowest BCUT2D eigenvalue weighted by molar-refractivity contribution is 0.0480. The van der Waals surface area contributed by atoms with Crippen molar-refractivity contribution in [3.63, 3.8) is 0 Å². The third-order valence-corrected chi connectivity index (χ3v) is 7.29. The Kier molecular flexibility index (Phi) is 6.83. The number of allylic oxidation sites excluding steroid dienone is 5. The highest BCUT2D eigenvalue weighted by molar-refractivity contribution is 6.03. The number of hydrogen-bond donors (Lipinski definition) is 1. The summed E-state index contributed by atoms with van der Waals surface area (Å²) >= 11 is 0. The van der Waals surface area contributed by atoms with Gasteiger partial charge in [0, 0.05) is 22.3 Å². The van der Waals surface area contributed by atoms with Crippen LogP contribution in [0.15, 0.2) is 145 Å². The summed E-state index contributed by atoms with van der Waals surface area (Å²) in [5.41, 5.74) is 5.78. The molecule has 0 saturated heterocycles. The topological polar surface area (TPSA) is 24.4 Å². The average Bonchev–Trinajstić information content (AvgIpc) is 3.23. The van der Waals surface area contributed by atoms with E-state index in [1.807, 2.05) is 60.7 Å². The Morgan fingerprint density at radius 1 is 0.775 bits per heavy atom. The van der Waals surface area contributed by atoms with Gasteiger partial charge in [-0.05, 0) is 40.8 Å². The molecular formula is C36H28F2N2. The van der Waals surface area contributed by atoms with Crippen LogP contribution in [0.5, 0.6) is 0 Å². The van der Waals surface area contributed by atoms with Crippen LogP contribution in [0.2, 0.25) is 0 Å². The van der Waals surface area contributed by atoms with Gasteiger partial charge < -0.3 is 5.32 Å². The Hall–Kier alpha value is -4.83. The molecule has 4 aromatic carbocycles. The molecule has 2 nitrogen and oxygen atoms in total. The number of halogens is 2. The predicted molar refractivity (Wildman–Crippen MR) is 160 cm³/mol. The van der Waals surface area contributed by atoms with Gasteiger partial charge in [0.1, 0.15) is 5.84 Å². The summed E-state index contributed by atoms with van der Waals surface area (Å²) in [5, 5.41) is 3.55. The smallest absolute Gasteiger partial charge is 0.299 e. The number of benzene rings is 4. The van der Waals surface area contributed by atoms with Crippen molar-refractivity contribution in [1.29, 1.82) is 0 Å². The summed E-state index contributed by atoms with van der Waals surface area (Å²) in [6.45, 7) is 3.68. The van der Waals surface area contributed by atoms with E-state index in [0.717, 1.165) is 17.5 Å². The van der Waals surface area contributed by atoms with E-state index in [0.29, 0.717) is 28.2 Å². The Morgan fingerprint density at radius 2 is 1.52 bits per heavy atom. The number of fused-ring (bicyclic) bond motifs is 3. The minimum Gasteiger partial charge on any atom is -0.359 e. The van der Waals surface area contributed by atoms with Gasteiger partial charge in [-0.15, -0.1) is 0 Å². The fourth-order valence-corrected chi connectivity index (χ4v) is 5.24. The van der Waals surface area contributed by atoms with Crippen molar-refractivity contribution >= 4 is 11.5 Å². The van der Waals surface area contributed by atoms with Crippen molar-refractivity contribution in [2.24, 2.45) is 4.99 Å². The van der Waals surface area contributed by atoms with Crippen LogP contribution < -0.4 is 5.32 Å². The van der Waals surface area contributed by atoms with E-state index in [9.17, 15) is 0 Å². The summed E-state index contributed by atoms with van der Waals surface area (Å²) < 4.78 is 30.9. The van der Waals surface area contributed by atoms with Crippen LogP contribution in [-0.4, -0.2) is 5.84 Å². The van der Waals surface area contributed by atoms with Gasteiger partial charge in [0.15, 0.2) is 0 Å². The van der Waals surface area contributed by atoms with Crippen LogP contribution in [-0.2, 0) is 12.3 Å². The van der Waals surface area contributed by atoms with E-state index >= 15 is 8.78 Å². The predicted octanol–water partition coefficient (Wildman–Crippen LogP) is 8.78. The molecule has 196 valence electrons. The third kappa shape index (κ3) is 4.85. The molecule has 1 atom stereocenters. The summed E-state index contributed by atoms with van der Waals surface area (Å²) in [5.74, 6) is -2.34. The first-order valence-corrected chi connectivity index (χ1v) is 13.3. The van der Waals surface area contributed by atoms with Gasteiger partial charge in [-0.2, -0.15) is 8.78 Å². The monoisotopic (exact) mass is 526 g/mol. The molecule has 0 bridgehead atoms. The van der Waals surface area contributed by atoms with E-state index in [4.69, 9.17) is 4.99 Å². The first-order chi connectivity index (χ1) is 19.5. The lowest BCUT2D eigenvalue weighted by Crippen LogP contribution is -2.31. The Labute approximate surface area is 233 Å². The molecule has 0 radical (unpaired) electrons. The number of amidine groups is 1. The summed E-state index contributed by atoms with van der Waals surface area (Å²) in [7, 11) is 0. The molecule has 0 spiro atoms. The van der Waals surface area contributed by atoms with E-state index in [-0.39, 0.29) is 17.2 Å². The van der Waals surface area contributed by atoms with Crippen LogP contribution in [0.25, 0.3) is 16.8 Å². The van der Waals surface area contributed by atoms with Crippen molar-refractivity contribution < 1.29 is 8.78 Å². The second-order valence-corrected chi connectivity index (χ2v) is 9.88. The van der Waals surface area contributed by atoms with E-state index in [1.54, 1.807) is 36.4 Å². The molecule has 1 unspecified atom stereocenters. The Morgan fingerprint density at radius 3 is 2.33 bits per heavy atom. The molecule has 4 aromatic rings. The second-order valence-electron chi connectivity index (χ2n) is 9.88. The minimum absolute atomic E-state index is 0.0268. The first-order valence-electron chi connectivity index (χ1n) is 13.3. The number of rotatable bonds is 7. The fraction of sp³-hybridized carbons (Fsp3) is 0.0833. The van der Waals surface area contributed by atoms with Crippen molar-refractivity contribution in [2.75, 3.05) is 0 Å². The molecular weight excluding hydrogens is 498 g/mol. The summed E-state index contributed by atoms with van der Waals surface area (Å²) in [4.78, 5) is 4.90. The molecule has 0 fully saturated rings. The number of hydrogen-bond acceptors (Lipinski definition) is 2. The molecule has 1 N–H and O–H groups in total.